The summed E-state index contributed by atoms with van der Waals surface area (Å²) in [5, 5.41) is 19.8. The van der Waals surface area contributed by atoms with Crippen LogP contribution in [-0.4, -0.2) is 22.2 Å². The number of benzene rings is 2. The average Bonchev–Trinajstić information content (AvgIpc) is 2.95. The molecule has 2 aliphatic rings. The number of hydrogen-bond acceptors (Lipinski definition) is 2. The fourth-order valence-electron chi connectivity index (χ4n) is 5.86. The zero-order valence-corrected chi connectivity index (χ0v) is 16.1. The van der Waals surface area contributed by atoms with Gasteiger partial charge in [-0.2, -0.15) is 0 Å². The van der Waals surface area contributed by atoms with Gasteiger partial charge >= 0.3 is 11.9 Å². The molecule has 0 amide bonds. The summed E-state index contributed by atoms with van der Waals surface area (Å²) in [7, 11) is 0. The van der Waals surface area contributed by atoms with Gasteiger partial charge in [0.15, 0.2) is 0 Å². The topological polar surface area (TPSA) is 74.6 Å². The van der Waals surface area contributed by atoms with Crippen LogP contribution < -0.4 is 0 Å². The number of rotatable bonds is 2. The van der Waals surface area contributed by atoms with Gasteiger partial charge in [0.1, 0.15) is 0 Å². The minimum Gasteiger partial charge on any atom is -0.478 e. The molecule has 0 aromatic heterocycles. The van der Waals surface area contributed by atoms with Crippen molar-refractivity contribution in [2.75, 3.05) is 0 Å². The van der Waals surface area contributed by atoms with Gasteiger partial charge in [0.05, 0.1) is 11.1 Å². The number of carbonyl (C=O) groups is 2. The molecule has 0 fully saturated rings. The summed E-state index contributed by atoms with van der Waals surface area (Å²) >= 11 is 0. The van der Waals surface area contributed by atoms with Crippen LogP contribution in [0.25, 0.3) is 0 Å². The van der Waals surface area contributed by atoms with Crippen LogP contribution in [0.15, 0.2) is 36.4 Å². The van der Waals surface area contributed by atoms with Gasteiger partial charge in [-0.15, -0.1) is 0 Å². The molecule has 0 unspecified atom stereocenters. The molecule has 4 heteroatoms. The molecule has 4 nitrogen and oxygen atoms in total. The molecule has 2 aliphatic carbocycles. The normalized spacial score (nSPS) is 20.3. The number of fused-ring (bicyclic) bond motifs is 4. The molecular weight excluding hydrogens is 340 g/mol. The van der Waals surface area contributed by atoms with Gasteiger partial charge < -0.3 is 10.2 Å². The summed E-state index contributed by atoms with van der Waals surface area (Å²) in [5.41, 5.74) is 3.18. The van der Waals surface area contributed by atoms with E-state index < -0.39 is 17.4 Å². The van der Waals surface area contributed by atoms with E-state index >= 15 is 0 Å². The van der Waals surface area contributed by atoms with Crippen molar-refractivity contribution in [3.63, 3.8) is 0 Å². The highest BCUT2D eigenvalue weighted by molar-refractivity contribution is 5.94. The quantitative estimate of drug-likeness (QED) is 0.808. The first kappa shape index (κ1) is 17.8. The van der Waals surface area contributed by atoms with E-state index in [4.69, 9.17) is 0 Å². The molecule has 0 aliphatic heterocycles. The molecule has 27 heavy (non-hydrogen) atoms. The lowest BCUT2D eigenvalue weighted by Crippen LogP contribution is -2.29. The SMILES string of the molecule is CC1(C)CC2(CC(C)(C)c3cccc(C(=O)O)c32)c2c(C(=O)O)cccc21. The van der Waals surface area contributed by atoms with Gasteiger partial charge in [0.25, 0.3) is 0 Å². The summed E-state index contributed by atoms with van der Waals surface area (Å²) in [6, 6.07) is 10.9. The predicted molar refractivity (Wildman–Crippen MR) is 103 cm³/mol. The van der Waals surface area contributed by atoms with E-state index in [1.165, 1.54) is 0 Å². The highest BCUT2D eigenvalue weighted by Crippen LogP contribution is 2.64. The van der Waals surface area contributed by atoms with Gasteiger partial charge in [0, 0.05) is 5.41 Å². The second-order valence-corrected chi connectivity index (χ2v) is 9.27. The van der Waals surface area contributed by atoms with Gasteiger partial charge in [-0.25, -0.2) is 9.59 Å². The molecule has 0 radical (unpaired) electrons. The molecule has 0 heterocycles. The highest BCUT2D eigenvalue weighted by Gasteiger charge is 2.58. The third-order valence-electron chi connectivity index (χ3n) is 6.49. The molecule has 0 atom stereocenters. The Hall–Kier alpha value is -2.62. The summed E-state index contributed by atoms with van der Waals surface area (Å²) < 4.78 is 0. The first-order valence-electron chi connectivity index (χ1n) is 9.26. The van der Waals surface area contributed by atoms with Crippen LogP contribution in [0.5, 0.6) is 0 Å². The standard InChI is InChI=1S/C23H24O4/c1-21(2)11-23(17-13(19(24)25)7-5-9-15(17)21)12-22(3,4)16-10-6-8-14(18(16)23)20(26)27/h5-10H,11-12H2,1-4H3,(H,24,25)(H,26,27). The molecule has 2 aromatic carbocycles. The van der Waals surface area contributed by atoms with Crippen LogP contribution in [0.2, 0.25) is 0 Å². The largest absolute Gasteiger partial charge is 0.478 e. The Labute approximate surface area is 158 Å². The summed E-state index contributed by atoms with van der Waals surface area (Å²) in [5.74, 6) is -1.91. The van der Waals surface area contributed by atoms with Gasteiger partial charge in [-0.3, -0.25) is 0 Å². The molecule has 0 saturated carbocycles. The van der Waals surface area contributed by atoms with Crippen LogP contribution in [-0.2, 0) is 16.2 Å². The van der Waals surface area contributed by atoms with Gasteiger partial charge in [-0.1, -0.05) is 52.0 Å². The van der Waals surface area contributed by atoms with E-state index in [9.17, 15) is 19.8 Å². The Balaban J connectivity index is 2.16. The van der Waals surface area contributed by atoms with Crippen molar-refractivity contribution >= 4 is 11.9 Å². The zero-order chi connectivity index (χ0) is 19.8. The first-order chi connectivity index (χ1) is 12.5. The molecular formula is C23H24O4. The third kappa shape index (κ3) is 2.22. The van der Waals surface area contributed by atoms with Gasteiger partial charge in [-0.05, 0) is 58.1 Å². The van der Waals surface area contributed by atoms with Crippen molar-refractivity contribution in [2.45, 2.75) is 56.8 Å². The Kier molecular flexibility index (Phi) is 3.43. The predicted octanol–water partition coefficient (Wildman–Crippen LogP) is 4.73. The van der Waals surface area contributed by atoms with E-state index in [0.717, 1.165) is 22.3 Å². The van der Waals surface area contributed by atoms with E-state index in [-0.39, 0.29) is 10.8 Å². The summed E-state index contributed by atoms with van der Waals surface area (Å²) in [4.78, 5) is 24.2. The van der Waals surface area contributed by atoms with Crippen molar-refractivity contribution in [2.24, 2.45) is 0 Å². The minimum absolute atomic E-state index is 0.232. The van der Waals surface area contributed by atoms with Crippen LogP contribution >= 0.6 is 0 Å². The highest BCUT2D eigenvalue weighted by atomic mass is 16.4. The number of carboxylic acids is 2. The fourth-order valence-corrected chi connectivity index (χ4v) is 5.86. The zero-order valence-electron chi connectivity index (χ0n) is 16.1. The Morgan fingerprint density at radius 1 is 0.741 bits per heavy atom. The maximum absolute atomic E-state index is 12.1. The average molecular weight is 364 g/mol. The number of aromatic carboxylic acids is 2. The number of carboxylic acid groups (broad SMARTS) is 2. The van der Waals surface area contributed by atoms with Crippen molar-refractivity contribution < 1.29 is 19.8 Å². The summed E-state index contributed by atoms with van der Waals surface area (Å²) in [6.07, 6.45) is 1.42. The molecule has 2 N–H and O–H groups in total. The molecule has 0 saturated heterocycles. The van der Waals surface area contributed by atoms with E-state index in [1.54, 1.807) is 24.3 Å². The summed E-state index contributed by atoms with van der Waals surface area (Å²) in [6.45, 7) is 8.50. The smallest absolute Gasteiger partial charge is 0.336 e. The van der Waals surface area contributed by atoms with Crippen molar-refractivity contribution in [1.82, 2.24) is 0 Å². The van der Waals surface area contributed by atoms with Crippen molar-refractivity contribution in [1.29, 1.82) is 0 Å². The van der Waals surface area contributed by atoms with Crippen LogP contribution in [0.3, 0.4) is 0 Å². The van der Waals surface area contributed by atoms with Crippen molar-refractivity contribution in [3.8, 4) is 0 Å². The minimum atomic E-state index is -0.956. The van der Waals surface area contributed by atoms with Crippen molar-refractivity contribution in [3.05, 3.63) is 69.8 Å². The fraction of sp³-hybridized carbons (Fsp3) is 0.391. The van der Waals surface area contributed by atoms with Gasteiger partial charge in [0.2, 0.25) is 0 Å². The van der Waals surface area contributed by atoms with E-state index in [0.29, 0.717) is 24.0 Å². The second kappa shape index (κ2) is 5.22. The Morgan fingerprint density at radius 3 is 1.44 bits per heavy atom. The molecule has 0 bridgehead atoms. The lowest BCUT2D eigenvalue weighted by molar-refractivity contribution is 0.0686. The van der Waals surface area contributed by atoms with E-state index in [1.807, 2.05) is 12.1 Å². The number of hydrogen-bond donors (Lipinski definition) is 2. The first-order valence-corrected chi connectivity index (χ1v) is 9.26. The molecule has 4 rings (SSSR count). The van der Waals surface area contributed by atoms with Crippen LogP contribution in [0.4, 0.5) is 0 Å². The van der Waals surface area contributed by atoms with E-state index in [2.05, 4.69) is 27.7 Å². The lowest BCUT2D eigenvalue weighted by Gasteiger charge is -2.32. The maximum Gasteiger partial charge on any atom is 0.336 e. The molecule has 1 spiro atoms. The maximum atomic E-state index is 12.1. The molecule has 2 aromatic rings. The van der Waals surface area contributed by atoms with Crippen LogP contribution in [0.1, 0.15) is 83.5 Å². The molecule has 140 valence electrons. The third-order valence-corrected chi connectivity index (χ3v) is 6.49. The lowest BCUT2D eigenvalue weighted by atomic mass is 9.70. The second-order valence-electron chi connectivity index (χ2n) is 9.27. The monoisotopic (exact) mass is 364 g/mol. The Morgan fingerprint density at radius 2 is 1.11 bits per heavy atom. The Bertz CT molecular complexity index is 916. The van der Waals surface area contributed by atoms with Crippen LogP contribution in [0, 0.1) is 0 Å².